The highest BCUT2D eigenvalue weighted by molar-refractivity contribution is 5.86. The summed E-state index contributed by atoms with van der Waals surface area (Å²) in [5.74, 6) is 0. The lowest BCUT2D eigenvalue weighted by atomic mass is 10.1. The van der Waals surface area contributed by atoms with Gasteiger partial charge in [0.15, 0.2) is 0 Å². The second-order valence-corrected chi connectivity index (χ2v) is 3.93. The monoisotopic (exact) mass is 299 g/mol. The fraction of sp³-hybridized carbons (Fsp3) is 0.545. The average molecular weight is 301 g/mol. The summed E-state index contributed by atoms with van der Waals surface area (Å²) in [5.41, 5.74) is 7.00. The summed E-state index contributed by atoms with van der Waals surface area (Å²) in [6.07, 6.45) is 4.09. The number of halogens is 3. The number of nitrogens with two attached hydrogens (primary N) is 1. The molecule has 17 heavy (non-hydrogen) atoms. The standard InChI is InChI=1S/C11H17N3.3ClH/c12-10-4-7-14(8-5-10)9-11-3-1-2-6-13-11;;;/h1-3,6,10H,4-5,7-9,12H2;3*1H. The van der Waals surface area contributed by atoms with Crippen LogP contribution < -0.4 is 5.73 Å². The zero-order valence-electron chi connectivity index (χ0n) is 9.62. The van der Waals surface area contributed by atoms with E-state index < -0.39 is 0 Å². The quantitative estimate of drug-likeness (QED) is 0.911. The van der Waals surface area contributed by atoms with Gasteiger partial charge in [0.1, 0.15) is 0 Å². The van der Waals surface area contributed by atoms with Gasteiger partial charge in [-0.2, -0.15) is 0 Å². The molecule has 1 aromatic rings. The van der Waals surface area contributed by atoms with E-state index in [1.807, 2.05) is 18.3 Å². The molecule has 0 radical (unpaired) electrons. The minimum Gasteiger partial charge on any atom is -0.328 e. The molecule has 1 aromatic heterocycles. The highest BCUT2D eigenvalue weighted by Crippen LogP contribution is 2.10. The molecule has 2 rings (SSSR count). The van der Waals surface area contributed by atoms with Crippen molar-refractivity contribution in [3.63, 3.8) is 0 Å². The Balaban J connectivity index is 0. The molecule has 2 N–H and O–H groups in total. The number of rotatable bonds is 2. The van der Waals surface area contributed by atoms with Crippen LogP contribution in [-0.2, 0) is 6.54 Å². The molecule has 0 amide bonds. The highest BCUT2D eigenvalue weighted by Gasteiger charge is 2.15. The number of hydrogen-bond acceptors (Lipinski definition) is 3. The van der Waals surface area contributed by atoms with Crippen LogP contribution in [0.5, 0.6) is 0 Å². The molecule has 0 aliphatic carbocycles. The molecule has 2 heterocycles. The average Bonchev–Trinajstić information content (AvgIpc) is 2.23. The first kappa shape index (κ1) is 19.3. The third-order valence-corrected chi connectivity index (χ3v) is 2.74. The first-order valence-electron chi connectivity index (χ1n) is 5.22. The smallest absolute Gasteiger partial charge is 0.0543 e. The van der Waals surface area contributed by atoms with Crippen LogP contribution in [0.3, 0.4) is 0 Å². The van der Waals surface area contributed by atoms with Gasteiger partial charge in [-0.3, -0.25) is 9.88 Å². The van der Waals surface area contributed by atoms with E-state index in [1.54, 1.807) is 0 Å². The molecule has 6 heteroatoms. The number of piperidine rings is 1. The molecular formula is C11H20Cl3N3. The summed E-state index contributed by atoms with van der Waals surface area (Å²) in [4.78, 5) is 6.74. The van der Waals surface area contributed by atoms with Gasteiger partial charge in [0.05, 0.1) is 5.69 Å². The second kappa shape index (κ2) is 9.92. The number of pyridine rings is 1. The molecular weight excluding hydrogens is 281 g/mol. The van der Waals surface area contributed by atoms with Crippen LogP contribution in [0.4, 0.5) is 0 Å². The maximum Gasteiger partial charge on any atom is 0.0543 e. The molecule has 0 atom stereocenters. The predicted octanol–water partition coefficient (Wildman–Crippen LogP) is 2.27. The number of nitrogens with zero attached hydrogens (tertiary/aromatic N) is 2. The van der Waals surface area contributed by atoms with Crippen molar-refractivity contribution in [1.82, 2.24) is 9.88 Å². The maximum absolute atomic E-state index is 5.85. The van der Waals surface area contributed by atoms with Crippen molar-refractivity contribution < 1.29 is 0 Å². The fourth-order valence-corrected chi connectivity index (χ4v) is 1.83. The number of likely N-dealkylation sites (tertiary alicyclic amines) is 1. The molecule has 1 aliphatic rings. The van der Waals surface area contributed by atoms with Gasteiger partial charge in [-0.05, 0) is 25.0 Å². The largest absolute Gasteiger partial charge is 0.328 e. The van der Waals surface area contributed by atoms with E-state index >= 15 is 0 Å². The van der Waals surface area contributed by atoms with Gasteiger partial charge in [-0.25, -0.2) is 0 Å². The Labute approximate surface area is 121 Å². The second-order valence-electron chi connectivity index (χ2n) is 3.93. The normalized spacial score (nSPS) is 16.3. The van der Waals surface area contributed by atoms with Crippen LogP contribution in [0, 0.1) is 0 Å². The third kappa shape index (κ3) is 6.43. The molecule has 1 saturated heterocycles. The molecule has 100 valence electrons. The van der Waals surface area contributed by atoms with Crippen molar-refractivity contribution in [1.29, 1.82) is 0 Å². The van der Waals surface area contributed by atoms with Crippen molar-refractivity contribution >= 4 is 37.2 Å². The Kier molecular flexibility index (Phi) is 11.3. The number of aromatic nitrogens is 1. The summed E-state index contributed by atoms with van der Waals surface area (Å²) in [6, 6.07) is 6.48. The predicted molar refractivity (Wildman–Crippen MR) is 78.5 cm³/mol. The van der Waals surface area contributed by atoms with Gasteiger partial charge in [0.25, 0.3) is 0 Å². The van der Waals surface area contributed by atoms with Crippen molar-refractivity contribution in [3.8, 4) is 0 Å². The zero-order chi connectivity index (χ0) is 9.80. The van der Waals surface area contributed by atoms with E-state index in [4.69, 9.17) is 5.73 Å². The summed E-state index contributed by atoms with van der Waals surface area (Å²) in [6.45, 7) is 3.18. The maximum atomic E-state index is 5.85. The van der Waals surface area contributed by atoms with Crippen LogP contribution >= 0.6 is 37.2 Å². The third-order valence-electron chi connectivity index (χ3n) is 2.74. The lowest BCUT2D eigenvalue weighted by Gasteiger charge is -2.29. The molecule has 0 bridgehead atoms. The van der Waals surface area contributed by atoms with Gasteiger partial charge in [-0.1, -0.05) is 6.07 Å². The van der Waals surface area contributed by atoms with Gasteiger partial charge in [-0.15, -0.1) is 37.2 Å². The SMILES string of the molecule is Cl.Cl.Cl.NC1CCN(Cc2ccccn2)CC1. The Morgan fingerprint density at radius 3 is 2.35 bits per heavy atom. The summed E-state index contributed by atoms with van der Waals surface area (Å²) in [5, 5.41) is 0. The van der Waals surface area contributed by atoms with Crippen molar-refractivity contribution in [2.45, 2.75) is 25.4 Å². The molecule has 1 aliphatic heterocycles. The van der Waals surface area contributed by atoms with Crippen LogP contribution in [0.15, 0.2) is 24.4 Å². The molecule has 0 spiro atoms. The molecule has 0 aromatic carbocycles. The zero-order valence-corrected chi connectivity index (χ0v) is 12.1. The highest BCUT2D eigenvalue weighted by atomic mass is 35.5. The van der Waals surface area contributed by atoms with E-state index in [1.165, 1.54) is 0 Å². The molecule has 1 fully saturated rings. The van der Waals surface area contributed by atoms with E-state index in [-0.39, 0.29) is 37.2 Å². The lowest BCUT2D eigenvalue weighted by molar-refractivity contribution is 0.203. The Hall–Kier alpha value is -0.0600. The minimum absolute atomic E-state index is 0. The summed E-state index contributed by atoms with van der Waals surface area (Å²) in [7, 11) is 0. The van der Waals surface area contributed by atoms with E-state index in [0.29, 0.717) is 6.04 Å². The van der Waals surface area contributed by atoms with Crippen molar-refractivity contribution in [2.24, 2.45) is 5.73 Å². The topological polar surface area (TPSA) is 42.1 Å². The van der Waals surface area contributed by atoms with E-state index in [2.05, 4.69) is 16.0 Å². The first-order chi connectivity index (χ1) is 6.84. The van der Waals surface area contributed by atoms with Crippen molar-refractivity contribution in [3.05, 3.63) is 30.1 Å². The first-order valence-corrected chi connectivity index (χ1v) is 5.22. The summed E-state index contributed by atoms with van der Waals surface area (Å²) < 4.78 is 0. The number of hydrogen-bond donors (Lipinski definition) is 1. The Morgan fingerprint density at radius 2 is 1.82 bits per heavy atom. The molecule has 0 saturated carbocycles. The Bertz CT molecular complexity index is 277. The van der Waals surface area contributed by atoms with Crippen molar-refractivity contribution in [2.75, 3.05) is 13.1 Å². The Morgan fingerprint density at radius 1 is 1.18 bits per heavy atom. The fourth-order valence-electron chi connectivity index (χ4n) is 1.83. The van der Waals surface area contributed by atoms with Crippen LogP contribution in [0.2, 0.25) is 0 Å². The minimum atomic E-state index is 0. The van der Waals surface area contributed by atoms with Gasteiger partial charge >= 0.3 is 0 Å². The van der Waals surface area contributed by atoms with Gasteiger partial charge in [0, 0.05) is 31.9 Å². The van der Waals surface area contributed by atoms with Gasteiger partial charge < -0.3 is 5.73 Å². The molecule has 0 unspecified atom stereocenters. The van der Waals surface area contributed by atoms with Crippen LogP contribution in [0.25, 0.3) is 0 Å². The van der Waals surface area contributed by atoms with E-state index in [9.17, 15) is 0 Å². The van der Waals surface area contributed by atoms with Crippen LogP contribution in [0.1, 0.15) is 18.5 Å². The van der Waals surface area contributed by atoms with Gasteiger partial charge in [0.2, 0.25) is 0 Å². The lowest BCUT2D eigenvalue weighted by Crippen LogP contribution is -2.39. The van der Waals surface area contributed by atoms with E-state index in [0.717, 1.165) is 38.2 Å². The van der Waals surface area contributed by atoms with Crippen LogP contribution in [-0.4, -0.2) is 29.0 Å². The molecule has 3 nitrogen and oxygen atoms in total. The summed E-state index contributed by atoms with van der Waals surface area (Å²) >= 11 is 0.